The Morgan fingerprint density at radius 2 is 1.64 bits per heavy atom. The average Bonchev–Trinajstić information content (AvgIpc) is 2.63. The molecule has 0 spiro atoms. The van der Waals surface area contributed by atoms with Gasteiger partial charge in [-0.25, -0.2) is 0 Å². The number of carbonyl (C=O) groups excluding carboxylic acids is 3. The summed E-state index contributed by atoms with van der Waals surface area (Å²) in [6, 6.07) is 5.78. The first-order valence-corrected chi connectivity index (χ1v) is 9.87. The maximum Gasteiger partial charge on any atom is 0.309 e. The van der Waals surface area contributed by atoms with Crippen LogP contribution in [0.5, 0.6) is 0 Å². The number of benzene rings is 1. The van der Waals surface area contributed by atoms with Crippen LogP contribution in [0.2, 0.25) is 0 Å². The van der Waals surface area contributed by atoms with Crippen molar-refractivity contribution in [2.45, 2.75) is 60.5 Å². The number of aryl methyl sites for hydroxylation is 2. The van der Waals surface area contributed by atoms with E-state index in [2.05, 4.69) is 5.32 Å². The summed E-state index contributed by atoms with van der Waals surface area (Å²) in [4.78, 5) is 39.1. The second-order valence-corrected chi connectivity index (χ2v) is 8.65. The minimum atomic E-state index is -0.874. The van der Waals surface area contributed by atoms with E-state index in [4.69, 9.17) is 4.74 Å². The maximum absolute atomic E-state index is 12.5. The van der Waals surface area contributed by atoms with Crippen molar-refractivity contribution < 1.29 is 19.1 Å². The van der Waals surface area contributed by atoms with Crippen molar-refractivity contribution in [2.75, 3.05) is 18.4 Å². The molecule has 0 saturated carbocycles. The van der Waals surface area contributed by atoms with Crippen molar-refractivity contribution in [3.8, 4) is 0 Å². The number of nitrogens with zero attached hydrogens (tertiary/aromatic N) is 1. The zero-order valence-corrected chi connectivity index (χ0v) is 17.8. The second kappa shape index (κ2) is 8.76. The first-order chi connectivity index (χ1) is 13.0. The van der Waals surface area contributed by atoms with E-state index < -0.39 is 11.5 Å². The van der Waals surface area contributed by atoms with Gasteiger partial charge in [0, 0.05) is 24.2 Å². The fraction of sp³-hybridized carbons (Fsp3) is 0.591. The average molecular weight is 389 g/mol. The molecule has 1 saturated heterocycles. The van der Waals surface area contributed by atoms with Gasteiger partial charge in [0.15, 0.2) is 6.10 Å². The zero-order chi connectivity index (χ0) is 21.1. The summed E-state index contributed by atoms with van der Waals surface area (Å²) in [7, 11) is 0. The van der Waals surface area contributed by atoms with Crippen LogP contribution in [0, 0.1) is 25.2 Å². The summed E-state index contributed by atoms with van der Waals surface area (Å²) < 4.78 is 5.41. The van der Waals surface area contributed by atoms with Gasteiger partial charge in [0.1, 0.15) is 0 Å². The lowest BCUT2D eigenvalue weighted by molar-refractivity contribution is -0.160. The molecule has 28 heavy (non-hydrogen) atoms. The highest BCUT2D eigenvalue weighted by atomic mass is 16.5. The summed E-state index contributed by atoms with van der Waals surface area (Å²) in [6.07, 6.45) is 0.248. The molecular formula is C22H32N2O4. The molecule has 154 valence electrons. The molecule has 2 amide bonds. The van der Waals surface area contributed by atoms with Crippen LogP contribution in [0.1, 0.15) is 51.7 Å². The SMILES string of the molecule is Cc1cccc(C)c1NC(=O)C(C)OC(=O)C1CCN(C(=O)C(C)(C)C)CC1. The van der Waals surface area contributed by atoms with Gasteiger partial charge >= 0.3 is 5.97 Å². The minimum Gasteiger partial charge on any atom is -0.452 e. The van der Waals surface area contributed by atoms with Gasteiger partial charge in [-0.1, -0.05) is 39.0 Å². The van der Waals surface area contributed by atoms with Crippen molar-refractivity contribution in [3.63, 3.8) is 0 Å². The summed E-state index contributed by atoms with van der Waals surface area (Å²) in [5.41, 5.74) is 2.25. The van der Waals surface area contributed by atoms with E-state index in [-0.39, 0.29) is 23.7 Å². The fourth-order valence-corrected chi connectivity index (χ4v) is 3.35. The molecule has 1 N–H and O–H groups in total. The summed E-state index contributed by atoms with van der Waals surface area (Å²) in [5.74, 6) is -0.891. The van der Waals surface area contributed by atoms with Crippen LogP contribution in [-0.2, 0) is 19.1 Å². The molecule has 0 aliphatic carbocycles. The molecule has 1 heterocycles. The van der Waals surface area contributed by atoms with E-state index in [0.717, 1.165) is 16.8 Å². The quantitative estimate of drug-likeness (QED) is 0.802. The monoisotopic (exact) mass is 388 g/mol. The molecule has 1 atom stereocenters. The topological polar surface area (TPSA) is 75.7 Å². The van der Waals surface area contributed by atoms with Gasteiger partial charge in [0.2, 0.25) is 5.91 Å². The highest BCUT2D eigenvalue weighted by Gasteiger charge is 2.34. The molecule has 1 aromatic carbocycles. The molecule has 0 bridgehead atoms. The Bertz CT molecular complexity index is 723. The van der Waals surface area contributed by atoms with Gasteiger partial charge in [-0.05, 0) is 44.7 Å². The van der Waals surface area contributed by atoms with Crippen LogP contribution >= 0.6 is 0 Å². The number of para-hydroxylation sites is 1. The standard InChI is InChI=1S/C22H32N2O4/c1-14-8-7-9-15(2)18(14)23-19(25)16(3)28-20(26)17-10-12-24(13-11-17)21(27)22(4,5)6/h7-9,16-17H,10-13H2,1-6H3,(H,23,25). The number of hydrogen-bond donors (Lipinski definition) is 1. The van der Waals surface area contributed by atoms with Gasteiger partial charge in [-0.3, -0.25) is 14.4 Å². The molecule has 1 fully saturated rings. The van der Waals surface area contributed by atoms with Crippen molar-refractivity contribution in [1.29, 1.82) is 0 Å². The first-order valence-electron chi connectivity index (χ1n) is 9.87. The molecule has 6 nitrogen and oxygen atoms in total. The number of anilines is 1. The Morgan fingerprint density at radius 3 is 2.14 bits per heavy atom. The maximum atomic E-state index is 12.5. The van der Waals surface area contributed by atoms with Gasteiger partial charge in [-0.15, -0.1) is 0 Å². The van der Waals surface area contributed by atoms with Gasteiger partial charge in [0.05, 0.1) is 5.92 Å². The van der Waals surface area contributed by atoms with Crippen molar-refractivity contribution in [1.82, 2.24) is 4.90 Å². The predicted molar refractivity (Wildman–Crippen MR) is 109 cm³/mol. The summed E-state index contributed by atoms with van der Waals surface area (Å²) in [5, 5.41) is 2.86. The van der Waals surface area contributed by atoms with Gasteiger partial charge in [-0.2, -0.15) is 0 Å². The lowest BCUT2D eigenvalue weighted by atomic mass is 9.91. The Hall–Kier alpha value is -2.37. The summed E-state index contributed by atoms with van der Waals surface area (Å²) in [6.45, 7) is 12.2. The van der Waals surface area contributed by atoms with E-state index in [1.165, 1.54) is 0 Å². The molecule has 1 aliphatic heterocycles. The molecule has 0 aromatic heterocycles. The number of piperidine rings is 1. The molecule has 6 heteroatoms. The van der Waals surface area contributed by atoms with Crippen molar-refractivity contribution in [3.05, 3.63) is 29.3 Å². The number of nitrogens with one attached hydrogen (secondary N) is 1. The minimum absolute atomic E-state index is 0.0978. The highest BCUT2D eigenvalue weighted by molar-refractivity contribution is 5.96. The lowest BCUT2D eigenvalue weighted by Gasteiger charge is -2.35. The van der Waals surface area contributed by atoms with E-state index in [0.29, 0.717) is 25.9 Å². The number of rotatable bonds is 4. The number of esters is 1. The van der Waals surface area contributed by atoms with Crippen LogP contribution in [0.25, 0.3) is 0 Å². The molecule has 1 aliphatic rings. The summed E-state index contributed by atoms with van der Waals surface area (Å²) >= 11 is 0. The fourth-order valence-electron chi connectivity index (χ4n) is 3.35. The predicted octanol–water partition coefficient (Wildman–Crippen LogP) is 3.46. The van der Waals surface area contributed by atoms with Crippen molar-refractivity contribution in [2.24, 2.45) is 11.3 Å². The van der Waals surface area contributed by atoms with E-state index in [1.54, 1.807) is 11.8 Å². The lowest BCUT2D eigenvalue weighted by Crippen LogP contribution is -2.45. The van der Waals surface area contributed by atoms with Crippen LogP contribution in [0.15, 0.2) is 18.2 Å². The molecular weight excluding hydrogens is 356 g/mol. The smallest absolute Gasteiger partial charge is 0.309 e. The number of ether oxygens (including phenoxy) is 1. The van der Waals surface area contributed by atoms with Gasteiger partial charge < -0.3 is 15.0 Å². The Labute approximate surface area is 167 Å². The van der Waals surface area contributed by atoms with Crippen LogP contribution in [0.3, 0.4) is 0 Å². The molecule has 1 aromatic rings. The Kier molecular flexibility index (Phi) is 6.86. The third kappa shape index (κ3) is 5.33. The zero-order valence-electron chi connectivity index (χ0n) is 17.8. The number of amides is 2. The third-order valence-corrected chi connectivity index (χ3v) is 5.15. The van der Waals surface area contributed by atoms with Crippen molar-refractivity contribution >= 4 is 23.5 Å². The number of carbonyl (C=O) groups is 3. The largest absolute Gasteiger partial charge is 0.452 e. The van der Waals surface area contributed by atoms with Crippen LogP contribution in [-0.4, -0.2) is 41.9 Å². The van der Waals surface area contributed by atoms with E-state index in [1.807, 2.05) is 52.8 Å². The Morgan fingerprint density at radius 1 is 1.11 bits per heavy atom. The first kappa shape index (κ1) is 21.9. The third-order valence-electron chi connectivity index (χ3n) is 5.15. The number of likely N-dealkylation sites (tertiary alicyclic amines) is 1. The van der Waals surface area contributed by atoms with E-state index in [9.17, 15) is 14.4 Å². The number of hydrogen-bond acceptors (Lipinski definition) is 4. The van der Waals surface area contributed by atoms with Crippen LogP contribution in [0.4, 0.5) is 5.69 Å². The molecule has 2 rings (SSSR count). The molecule has 0 radical (unpaired) electrons. The second-order valence-electron chi connectivity index (χ2n) is 8.65. The highest BCUT2D eigenvalue weighted by Crippen LogP contribution is 2.25. The van der Waals surface area contributed by atoms with E-state index >= 15 is 0 Å². The molecule has 1 unspecified atom stereocenters. The van der Waals surface area contributed by atoms with Crippen LogP contribution < -0.4 is 5.32 Å². The normalized spacial score (nSPS) is 16.4. The van der Waals surface area contributed by atoms with Gasteiger partial charge in [0.25, 0.3) is 5.91 Å². The Balaban J connectivity index is 1.87.